The van der Waals surface area contributed by atoms with Crippen LogP contribution in [0.1, 0.15) is 43.2 Å². The number of hydrogen-bond donors (Lipinski definition) is 1. The van der Waals surface area contributed by atoms with E-state index in [1.807, 2.05) is 13.0 Å². The molecule has 23 heavy (non-hydrogen) atoms. The number of likely N-dealkylation sites (tertiary alicyclic amines) is 1. The number of nitrogen functional groups attached to an aromatic ring is 1. The second-order valence-corrected chi connectivity index (χ2v) is 8.54. The second-order valence-electron chi connectivity index (χ2n) is 6.55. The Hall–Kier alpha value is -1.25. The molecule has 0 saturated carbocycles. The molecular formula is C15H25N5O2S. The Morgan fingerprint density at radius 3 is 2.48 bits per heavy atom. The molecular weight excluding hydrogens is 314 g/mol. The van der Waals surface area contributed by atoms with E-state index in [1.54, 1.807) is 4.31 Å². The first-order chi connectivity index (χ1) is 10.8. The van der Waals surface area contributed by atoms with Crippen LogP contribution in [0, 0.1) is 6.92 Å². The number of nitrogens with zero attached hydrogens (tertiary/aromatic N) is 4. The van der Waals surface area contributed by atoms with E-state index in [2.05, 4.69) is 14.9 Å². The lowest BCUT2D eigenvalue weighted by molar-refractivity contribution is 0.125. The lowest BCUT2D eigenvalue weighted by Crippen LogP contribution is -2.46. The molecule has 0 amide bonds. The fourth-order valence-corrected chi connectivity index (χ4v) is 4.71. The van der Waals surface area contributed by atoms with Crippen molar-refractivity contribution >= 4 is 15.8 Å². The van der Waals surface area contributed by atoms with Gasteiger partial charge in [-0.15, -0.1) is 0 Å². The second kappa shape index (κ2) is 6.33. The predicted molar refractivity (Wildman–Crippen MR) is 89.3 cm³/mol. The normalized spacial score (nSPS) is 25.0. The number of piperidine rings is 1. The van der Waals surface area contributed by atoms with Crippen molar-refractivity contribution in [3.63, 3.8) is 0 Å². The van der Waals surface area contributed by atoms with E-state index in [4.69, 9.17) is 5.73 Å². The first-order valence-corrected chi connectivity index (χ1v) is 10.0. The van der Waals surface area contributed by atoms with Crippen molar-refractivity contribution in [1.29, 1.82) is 0 Å². The zero-order chi connectivity index (χ0) is 16.6. The number of aryl methyl sites for hydroxylation is 1. The molecule has 1 aromatic rings. The Bertz CT molecular complexity index is 650. The lowest BCUT2D eigenvalue weighted by atomic mass is 10.0. The fraction of sp³-hybridized carbons (Fsp3) is 0.733. The summed E-state index contributed by atoms with van der Waals surface area (Å²) in [4.78, 5) is 11.2. The van der Waals surface area contributed by atoms with Crippen LogP contribution >= 0.6 is 0 Å². The van der Waals surface area contributed by atoms with Crippen molar-refractivity contribution in [1.82, 2.24) is 19.2 Å². The number of rotatable bonds is 3. The number of aromatic nitrogens is 2. The molecule has 2 N–H and O–H groups in total. The Morgan fingerprint density at radius 2 is 1.87 bits per heavy atom. The van der Waals surface area contributed by atoms with Gasteiger partial charge < -0.3 is 5.73 Å². The summed E-state index contributed by atoms with van der Waals surface area (Å²) in [6, 6.07) is 2.56. The monoisotopic (exact) mass is 339 g/mol. The molecule has 128 valence electrons. The zero-order valence-corrected chi connectivity index (χ0v) is 14.6. The summed E-state index contributed by atoms with van der Waals surface area (Å²) in [6.07, 6.45) is 5.26. The van der Waals surface area contributed by atoms with Crippen molar-refractivity contribution in [3.8, 4) is 0 Å². The predicted octanol–water partition coefficient (Wildman–Crippen LogP) is 0.928. The van der Waals surface area contributed by atoms with Crippen molar-refractivity contribution in [2.75, 3.05) is 31.6 Å². The van der Waals surface area contributed by atoms with Crippen molar-refractivity contribution in [2.24, 2.45) is 0 Å². The van der Waals surface area contributed by atoms with E-state index < -0.39 is 10.0 Å². The summed E-state index contributed by atoms with van der Waals surface area (Å²) in [7, 11) is -3.07. The van der Waals surface area contributed by atoms with Crippen LogP contribution in [0.3, 0.4) is 0 Å². The summed E-state index contributed by atoms with van der Waals surface area (Å²) >= 11 is 0. The average Bonchev–Trinajstić information content (AvgIpc) is 2.95. The first kappa shape index (κ1) is 16.6. The van der Waals surface area contributed by atoms with Gasteiger partial charge in [-0.05, 0) is 39.2 Å². The van der Waals surface area contributed by atoms with Gasteiger partial charge in [0.15, 0.2) is 0 Å². The smallest absolute Gasteiger partial charge is 0.211 e. The minimum atomic E-state index is -3.07. The molecule has 2 aliphatic heterocycles. The quantitative estimate of drug-likeness (QED) is 0.880. The van der Waals surface area contributed by atoms with Crippen molar-refractivity contribution < 1.29 is 8.42 Å². The third-order valence-electron chi connectivity index (χ3n) is 4.87. The molecule has 1 aromatic heterocycles. The third kappa shape index (κ3) is 3.64. The maximum Gasteiger partial charge on any atom is 0.211 e. The molecule has 7 nitrogen and oxygen atoms in total. The lowest BCUT2D eigenvalue weighted by Gasteiger charge is -2.38. The summed E-state index contributed by atoms with van der Waals surface area (Å²) in [5, 5.41) is 0. The Balaban J connectivity index is 1.73. The maximum atomic E-state index is 11.7. The molecule has 0 spiro atoms. The van der Waals surface area contributed by atoms with Gasteiger partial charge in [0.1, 0.15) is 11.6 Å². The van der Waals surface area contributed by atoms with Crippen LogP contribution in [0.2, 0.25) is 0 Å². The maximum absolute atomic E-state index is 11.7. The van der Waals surface area contributed by atoms with Crippen molar-refractivity contribution in [2.45, 2.75) is 44.7 Å². The molecule has 1 atom stereocenters. The van der Waals surface area contributed by atoms with Crippen LogP contribution in [-0.2, 0) is 10.0 Å². The molecule has 0 aliphatic carbocycles. The molecule has 2 saturated heterocycles. The molecule has 2 fully saturated rings. The van der Waals surface area contributed by atoms with E-state index in [9.17, 15) is 8.42 Å². The van der Waals surface area contributed by atoms with Crippen LogP contribution in [0.5, 0.6) is 0 Å². The summed E-state index contributed by atoms with van der Waals surface area (Å²) in [5.41, 5.74) is 6.87. The fourth-order valence-electron chi connectivity index (χ4n) is 3.83. The number of sulfonamides is 1. The molecule has 0 bridgehead atoms. The number of nitrogens with two attached hydrogens (primary N) is 1. The average molecular weight is 339 g/mol. The van der Waals surface area contributed by atoms with Gasteiger partial charge in [0.25, 0.3) is 0 Å². The third-order valence-corrected chi connectivity index (χ3v) is 6.18. The highest BCUT2D eigenvalue weighted by Gasteiger charge is 2.35. The number of hydrogen-bond acceptors (Lipinski definition) is 6. The topological polar surface area (TPSA) is 92.4 Å². The van der Waals surface area contributed by atoms with Gasteiger partial charge in [-0.2, -0.15) is 0 Å². The zero-order valence-electron chi connectivity index (χ0n) is 13.8. The molecule has 3 heterocycles. The highest BCUT2D eigenvalue weighted by molar-refractivity contribution is 7.88. The van der Waals surface area contributed by atoms with Crippen LogP contribution in [0.25, 0.3) is 0 Å². The minimum absolute atomic E-state index is 0.272. The summed E-state index contributed by atoms with van der Waals surface area (Å²) in [6.45, 7) is 4.12. The van der Waals surface area contributed by atoms with Gasteiger partial charge >= 0.3 is 0 Å². The first-order valence-electron chi connectivity index (χ1n) is 8.16. The summed E-state index contributed by atoms with van der Waals surface area (Å²) < 4.78 is 24.9. The highest BCUT2D eigenvalue weighted by Crippen LogP contribution is 2.36. The van der Waals surface area contributed by atoms with Crippen molar-refractivity contribution in [3.05, 3.63) is 17.6 Å². The molecule has 0 radical (unpaired) electrons. The van der Waals surface area contributed by atoms with Gasteiger partial charge in [-0.3, -0.25) is 4.90 Å². The van der Waals surface area contributed by atoms with E-state index >= 15 is 0 Å². The Kier molecular flexibility index (Phi) is 4.57. The molecule has 3 rings (SSSR count). The van der Waals surface area contributed by atoms with Crippen LogP contribution in [0.4, 0.5) is 5.82 Å². The van der Waals surface area contributed by atoms with E-state index in [0.29, 0.717) is 30.8 Å². The van der Waals surface area contributed by atoms with Crippen LogP contribution < -0.4 is 5.73 Å². The Morgan fingerprint density at radius 1 is 1.17 bits per heavy atom. The van der Waals surface area contributed by atoms with E-state index in [1.165, 1.54) is 6.26 Å². The number of anilines is 1. The molecule has 8 heteroatoms. The van der Waals surface area contributed by atoms with Gasteiger partial charge in [-0.25, -0.2) is 22.7 Å². The van der Waals surface area contributed by atoms with Gasteiger partial charge in [0, 0.05) is 25.2 Å². The van der Waals surface area contributed by atoms with Crippen LogP contribution in [-0.4, -0.2) is 59.5 Å². The standard InChI is InChI=1S/C15H25N5O2S/c1-11-17-13(10-15(16)18-11)14-4-3-7-20(14)12-5-8-19(9-6-12)23(2,21)22/h10,12,14H,3-9H2,1-2H3,(H2,16,17,18)/t14-/m1/s1. The Labute approximate surface area is 137 Å². The van der Waals surface area contributed by atoms with E-state index in [-0.39, 0.29) is 6.04 Å². The largest absolute Gasteiger partial charge is 0.384 e. The highest BCUT2D eigenvalue weighted by atomic mass is 32.2. The molecule has 2 aliphatic rings. The SMILES string of the molecule is Cc1nc(N)cc([C@H]2CCCN2C2CCN(S(C)(=O)=O)CC2)n1. The van der Waals surface area contributed by atoms with Gasteiger partial charge in [-0.1, -0.05) is 0 Å². The summed E-state index contributed by atoms with van der Waals surface area (Å²) in [5.74, 6) is 1.23. The molecule has 0 aromatic carbocycles. The molecule has 0 unspecified atom stereocenters. The van der Waals surface area contributed by atoms with E-state index in [0.717, 1.165) is 37.9 Å². The van der Waals surface area contributed by atoms with Gasteiger partial charge in [0.2, 0.25) is 10.0 Å². The van der Waals surface area contributed by atoms with Gasteiger partial charge in [0.05, 0.1) is 18.0 Å². The minimum Gasteiger partial charge on any atom is -0.384 e. The van der Waals surface area contributed by atoms with Crippen LogP contribution in [0.15, 0.2) is 6.07 Å².